The summed E-state index contributed by atoms with van der Waals surface area (Å²) in [5.74, 6) is 2.14. The van der Waals surface area contributed by atoms with Gasteiger partial charge in [0.25, 0.3) is 0 Å². The largest absolute Gasteiger partial charge is 0.497 e. The number of hydrogen-bond donors (Lipinski definition) is 1. The van der Waals surface area contributed by atoms with Crippen molar-refractivity contribution in [1.29, 1.82) is 0 Å². The predicted molar refractivity (Wildman–Crippen MR) is 143 cm³/mol. The van der Waals surface area contributed by atoms with Crippen molar-refractivity contribution < 1.29 is 23.4 Å². The monoisotopic (exact) mass is 485 g/mol. The lowest BCUT2D eigenvalue weighted by Gasteiger charge is -2.13. The van der Waals surface area contributed by atoms with Crippen LogP contribution in [-0.2, 0) is 11.2 Å². The molecule has 0 fully saturated rings. The molecule has 0 saturated carbocycles. The van der Waals surface area contributed by atoms with Gasteiger partial charge in [0.1, 0.15) is 22.8 Å². The molecule has 1 amide bonds. The summed E-state index contributed by atoms with van der Waals surface area (Å²) in [5, 5.41) is 3.93. The third-order valence-corrected chi connectivity index (χ3v) is 6.31. The highest BCUT2D eigenvalue weighted by Gasteiger charge is 2.19. The van der Waals surface area contributed by atoms with E-state index in [0.717, 1.165) is 55.9 Å². The molecule has 0 aliphatic carbocycles. The number of amides is 1. The summed E-state index contributed by atoms with van der Waals surface area (Å²) in [5.41, 5.74) is 6.32. The first-order valence-corrected chi connectivity index (χ1v) is 11.8. The molecule has 0 saturated heterocycles. The average molecular weight is 486 g/mol. The van der Waals surface area contributed by atoms with Crippen molar-refractivity contribution >= 4 is 22.4 Å². The summed E-state index contributed by atoms with van der Waals surface area (Å²) < 4.78 is 22.4. The number of carbonyl (C=O) groups excluding carboxylic acids is 1. The zero-order chi connectivity index (χ0) is 25.7. The SMILES string of the molecule is COc1ccc(-c2coc3c(C)c(OC)c(/C(C)=C/C(=O)NCCc4ccccc4OC)cc23)cc1. The maximum Gasteiger partial charge on any atom is 0.244 e. The van der Waals surface area contributed by atoms with Gasteiger partial charge in [0.15, 0.2) is 0 Å². The summed E-state index contributed by atoms with van der Waals surface area (Å²) in [7, 11) is 4.93. The van der Waals surface area contributed by atoms with E-state index >= 15 is 0 Å². The van der Waals surface area contributed by atoms with Crippen LogP contribution in [0.25, 0.3) is 27.7 Å². The number of ether oxygens (including phenoxy) is 3. The van der Waals surface area contributed by atoms with Gasteiger partial charge in [-0.3, -0.25) is 4.79 Å². The molecule has 186 valence electrons. The van der Waals surface area contributed by atoms with Gasteiger partial charge in [-0.25, -0.2) is 0 Å². The van der Waals surface area contributed by atoms with Crippen molar-refractivity contribution in [2.75, 3.05) is 27.9 Å². The van der Waals surface area contributed by atoms with Crippen molar-refractivity contribution in [3.8, 4) is 28.4 Å². The first-order valence-electron chi connectivity index (χ1n) is 11.8. The number of methoxy groups -OCH3 is 3. The van der Waals surface area contributed by atoms with Crippen molar-refractivity contribution in [2.45, 2.75) is 20.3 Å². The Bertz CT molecular complexity index is 1400. The third-order valence-electron chi connectivity index (χ3n) is 6.31. The molecule has 0 bridgehead atoms. The van der Waals surface area contributed by atoms with Crippen molar-refractivity contribution in [1.82, 2.24) is 5.32 Å². The van der Waals surface area contributed by atoms with Crippen LogP contribution in [0.3, 0.4) is 0 Å². The summed E-state index contributed by atoms with van der Waals surface area (Å²) in [4.78, 5) is 12.7. The molecule has 0 aliphatic rings. The molecule has 3 aromatic carbocycles. The van der Waals surface area contributed by atoms with Crippen molar-refractivity contribution in [3.63, 3.8) is 0 Å². The highest BCUT2D eigenvalue weighted by Crippen LogP contribution is 2.40. The highest BCUT2D eigenvalue weighted by atomic mass is 16.5. The third kappa shape index (κ3) is 5.08. The van der Waals surface area contributed by atoms with Crippen LogP contribution in [0.15, 0.2) is 71.4 Å². The second-order valence-corrected chi connectivity index (χ2v) is 8.52. The van der Waals surface area contributed by atoms with E-state index in [4.69, 9.17) is 18.6 Å². The Labute approximate surface area is 211 Å². The number of hydrogen-bond acceptors (Lipinski definition) is 5. The second kappa shape index (κ2) is 11.0. The van der Waals surface area contributed by atoms with E-state index in [1.54, 1.807) is 33.7 Å². The molecule has 0 radical (unpaired) electrons. The number of aryl methyl sites for hydroxylation is 1. The van der Waals surface area contributed by atoms with Crippen LogP contribution in [0.2, 0.25) is 0 Å². The number of allylic oxidation sites excluding steroid dienone is 1. The zero-order valence-electron chi connectivity index (χ0n) is 21.3. The number of nitrogens with one attached hydrogen (secondary N) is 1. The topological polar surface area (TPSA) is 69.9 Å². The molecule has 0 atom stereocenters. The fourth-order valence-electron chi connectivity index (χ4n) is 4.42. The minimum atomic E-state index is -0.162. The molecular weight excluding hydrogens is 454 g/mol. The van der Waals surface area contributed by atoms with Gasteiger partial charge in [0.2, 0.25) is 5.91 Å². The molecule has 1 heterocycles. The number of carbonyl (C=O) groups is 1. The van der Waals surface area contributed by atoms with E-state index in [2.05, 4.69) is 5.32 Å². The van der Waals surface area contributed by atoms with E-state index in [1.165, 1.54) is 0 Å². The number of rotatable bonds is 9. The predicted octanol–water partition coefficient (Wildman–Crippen LogP) is 6.20. The maximum atomic E-state index is 12.7. The van der Waals surface area contributed by atoms with Crippen LogP contribution < -0.4 is 19.5 Å². The summed E-state index contributed by atoms with van der Waals surface area (Å²) in [6.45, 7) is 4.38. The Hall–Kier alpha value is -4.19. The van der Waals surface area contributed by atoms with Gasteiger partial charge in [0.05, 0.1) is 27.6 Å². The molecule has 0 aliphatic heterocycles. The summed E-state index contributed by atoms with van der Waals surface area (Å²) in [6, 6.07) is 17.7. The number of para-hydroxylation sites is 1. The first-order chi connectivity index (χ1) is 17.5. The number of fused-ring (bicyclic) bond motifs is 1. The van der Waals surface area contributed by atoms with Gasteiger partial charge in [-0.1, -0.05) is 30.3 Å². The van der Waals surface area contributed by atoms with Gasteiger partial charge in [-0.05, 0) is 61.2 Å². The molecule has 0 spiro atoms. The smallest absolute Gasteiger partial charge is 0.244 e. The Morgan fingerprint density at radius 2 is 1.75 bits per heavy atom. The molecule has 6 nitrogen and oxygen atoms in total. The number of benzene rings is 3. The Morgan fingerprint density at radius 3 is 2.44 bits per heavy atom. The first kappa shape index (κ1) is 24.9. The lowest BCUT2D eigenvalue weighted by atomic mass is 9.96. The molecule has 6 heteroatoms. The fraction of sp³-hybridized carbons (Fsp3) is 0.233. The van der Waals surface area contributed by atoms with Gasteiger partial charge in [-0.2, -0.15) is 0 Å². The summed E-state index contributed by atoms with van der Waals surface area (Å²) in [6.07, 6.45) is 4.04. The fourth-order valence-corrected chi connectivity index (χ4v) is 4.42. The molecule has 1 aromatic heterocycles. The minimum absolute atomic E-state index is 0.162. The van der Waals surface area contributed by atoms with E-state index in [1.807, 2.05) is 68.4 Å². The average Bonchev–Trinajstić information content (AvgIpc) is 3.33. The molecule has 36 heavy (non-hydrogen) atoms. The minimum Gasteiger partial charge on any atom is -0.497 e. The molecular formula is C30H31NO5. The highest BCUT2D eigenvalue weighted by molar-refractivity contribution is 6.01. The van der Waals surface area contributed by atoms with Gasteiger partial charge >= 0.3 is 0 Å². The molecule has 4 rings (SSSR count). The van der Waals surface area contributed by atoms with Crippen LogP contribution in [0, 0.1) is 6.92 Å². The van der Waals surface area contributed by atoms with Crippen LogP contribution >= 0.6 is 0 Å². The van der Waals surface area contributed by atoms with Crippen LogP contribution in [-0.4, -0.2) is 33.8 Å². The zero-order valence-corrected chi connectivity index (χ0v) is 21.3. The van der Waals surface area contributed by atoms with E-state index in [-0.39, 0.29) is 5.91 Å². The van der Waals surface area contributed by atoms with E-state index in [0.29, 0.717) is 18.7 Å². The second-order valence-electron chi connectivity index (χ2n) is 8.52. The Balaban J connectivity index is 1.60. The van der Waals surface area contributed by atoms with Gasteiger partial charge < -0.3 is 23.9 Å². The van der Waals surface area contributed by atoms with E-state index < -0.39 is 0 Å². The van der Waals surface area contributed by atoms with Crippen LogP contribution in [0.4, 0.5) is 0 Å². The molecule has 1 N–H and O–H groups in total. The van der Waals surface area contributed by atoms with Crippen LogP contribution in [0.1, 0.15) is 23.6 Å². The standard InChI is InChI=1S/C30H31NO5/c1-19(16-28(32)31-15-14-22-8-6-7-9-27(22)34-4)24-17-25-26(21-10-12-23(33-3)13-11-21)18-36-30(25)20(2)29(24)35-5/h6-13,16-18H,14-15H2,1-5H3,(H,31,32)/b19-16+. The number of furan rings is 1. The maximum absolute atomic E-state index is 12.7. The van der Waals surface area contributed by atoms with Gasteiger partial charge in [0, 0.05) is 34.7 Å². The quantitative estimate of drug-likeness (QED) is 0.286. The lowest BCUT2D eigenvalue weighted by molar-refractivity contribution is -0.116. The normalized spacial score (nSPS) is 11.4. The van der Waals surface area contributed by atoms with Crippen molar-refractivity contribution in [3.05, 3.63) is 83.6 Å². The Morgan fingerprint density at radius 1 is 1.00 bits per heavy atom. The van der Waals surface area contributed by atoms with Crippen molar-refractivity contribution in [2.24, 2.45) is 0 Å². The molecule has 4 aromatic rings. The lowest BCUT2D eigenvalue weighted by Crippen LogP contribution is -2.24. The van der Waals surface area contributed by atoms with Gasteiger partial charge in [-0.15, -0.1) is 0 Å². The Kier molecular flexibility index (Phi) is 7.64. The molecule has 0 unspecified atom stereocenters. The summed E-state index contributed by atoms with van der Waals surface area (Å²) >= 11 is 0. The van der Waals surface area contributed by atoms with E-state index in [9.17, 15) is 4.79 Å². The van der Waals surface area contributed by atoms with Crippen LogP contribution in [0.5, 0.6) is 17.2 Å².